The van der Waals surface area contributed by atoms with E-state index in [9.17, 15) is 31.5 Å². The van der Waals surface area contributed by atoms with E-state index in [1.54, 1.807) is 26.0 Å². The van der Waals surface area contributed by atoms with E-state index in [0.717, 1.165) is 11.1 Å². The lowest BCUT2D eigenvalue weighted by atomic mass is 10.2. The van der Waals surface area contributed by atoms with Crippen LogP contribution in [0.1, 0.15) is 11.1 Å². The Morgan fingerprint density at radius 1 is 1.00 bits per heavy atom. The molecule has 10 heteroatoms. The van der Waals surface area contributed by atoms with Gasteiger partial charge in [0.05, 0.1) is 10.6 Å². The first-order valence-electron chi connectivity index (χ1n) is 8.15. The number of aliphatic hydroxyl groups excluding tert-OH is 1. The standard InChI is InChI=1S/C19H17F3N2O4S/c1-12-3-7-14(8-4-12)23-11-16(17(25)19(20,21)22)18(26)24-29(27,28)15-9-5-13(2)6-10-15/h3-11,25H,1-2H3,(H,24,26)/b17-16+,23-11?. The van der Waals surface area contributed by atoms with Gasteiger partial charge in [-0.2, -0.15) is 13.2 Å². The fraction of sp³-hybridized carbons (Fsp3) is 0.158. The van der Waals surface area contributed by atoms with Crippen LogP contribution in [0.5, 0.6) is 0 Å². The van der Waals surface area contributed by atoms with Gasteiger partial charge in [-0.15, -0.1) is 0 Å². The van der Waals surface area contributed by atoms with Gasteiger partial charge in [0, 0.05) is 6.21 Å². The van der Waals surface area contributed by atoms with Crippen LogP contribution in [0.25, 0.3) is 0 Å². The summed E-state index contributed by atoms with van der Waals surface area (Å²) in [5.41, 5.74) is 0.488. The van der Waals surface area contributed by atoms with Crippen molar-refractivity contribution in [3.63, 3.8) is 0 Å². The van der Waals surface area contributed by atoms with E-state index in [4.69, 9.17) is 0 Å². The lowest BCUT2D eigenvalue weighted by Crippen LogP contribution is -2.34. The van der Waals surface area contributed by atoms with Gasteiger partial charge in [0.2, 0.25) is 5.76 Å². The number of allylic oxidation sites excluding steroid dienone is 1. The van der Waals surface area contributed by atoms with E-state index in [0.29, 0.717) is 6.21 Å². The van der Waals surface area contributed by atoms with Crippen molar-refractivity contribution in [3.05, 3.63) is 71.0 Å². The molecule has 2 N–H and O–H groups in total. The normalized spacial score (nSPS) is 13.3. The Balaban J connectivity index is 2.39. The Labute approximate surface area is 165 Å². The van der Waals surface area contributed by atoms with E-state index in [1.165, 1.54) is 41.1 Å². The minimum absolute atomic E-state index is 0.206. The third kappa shape index (κ3) is 5.92. The maximum absolute atomic E-state index is 12.9. The molecule has 0 heterocycles. The third-order valence-electron chi connectivity index (χ3n) is 3.70. The summed E-state index contributed by atoms with van der Waals surface area (Å²) in [6.07, 6.45) is -4.81. The number of amides is 1. The van der Waals surface area contributed by atoms with Gasteiger partial charge in [-0.25, -0.2) is 13.1 Å². The number of alkyl halides is 3. The SMILES string of the molecule is Cc1ccc(N=C/C(C(=O)NS(=O)(=O)c2ccc(C)cc2)=C(\O)C(F)(F)F)cc1. The van der Waals surface area contributed by atoms with Crippen molar-refractivity contribution < 1.29 is 31.5 Å². The average Bonchev–Trinajstić information content (AvgIpc) is 2.62. The van der Waals surface area contributed by atoms with Crippen molar-refractivity contribution in [2.24, 2.45) is 4.99 Å². The molecule has 1 amide bonds. The Morgan fingerprint density at radius 3 is 1.97 bits per heavy atom. The number of aryl methyl sites for hydroxylation is 2. The molecule has 0 saturated carbocycles. The van der Waals surface area contributed by atoms with Gasteiger partial charge in [0.1, 0.15) is 5.57 Å². The molecule has 2 aromatic carbocycles. The predicted molar refractivity (Wildman–Crippen MR) is 102 cm³/mol. The van der Waals surface area contributed by atoms with E-state index in [-0.39, 0.29) is 10.6 Å². The van der Waals surface area contributed by atoms with Crippen LogP contribution >= 0.6 is 0 Å². The van der Waals surface area contributed by atoms with Crippen LogP contribution in [0, 0.1) is 13.8 Å². The van der Waals surface area contributed by atoms with Crippen LogP contribution in [-0.4, -0.2) is 31.8 Å². The maximum atomic E-state index is 12.9. The monoisotopic (exact) mass is 426 g/mol. The molecule has 0 unspecified atom stereocenters. The van der Waals surface area contributed by atoms with E-state index < -0.39 is 33.4 Å². The fourth-order valence-electron chi connectivity index (χ4n) is 2.10. The Bertz CT molecular complexity index is 1060. The van der Waals surface area contributed by atoms with Gasteiger partial charge in [-0.05, 0) is 38.1 Å². The Hall–Kier alpha value is -3.14. The zero-order valence-corrected chi connectivity index (χ0v) is 16.2. The van der Waals surface area contributed by atoms with Crippen molar-refractivity contribution in [2.75, 3.05) is 0 Å². The number of halogens is 3. The quantitative estimate of drug-likeness (QED) is 0.431. The first-order chi connectivity index (χ1) is 13.4. The number of nitrogens with one attached hydrogen (secondary N) is 1. The smallest absolute Gasteiger partial charge is 0.449 e. The molecule has 0 aromatic heterocycles. The maximum Gasteiger partial charge on any atom is 0.449 e. The number of rotatable bonds is 5. The number of carbonyl (C=O) groups excluding carboxylic acids is 1. The van der Waals surface area contributed by atoms with Gasteiger partial charge in [0.15, 0.2) is 0 Å². The summed E-state index contributed by atoms with van der Waals surface area (Å²) in [6.45, 7) is 3.50. The number of sulfonamides is 1. The number of hydrogen-bond acceptors (Lipinski definition) is 5. The first kappa shape index (κ1) is 22.2. The lowest BCUT2D eigenvalue weighted by molar-refractivity contribution is -0.126. The van der Waals surface area contributed by atoms with E-state index >= 15 is 0 Å². The highest BCUT2D eigenvalue weighted by Gasteiger charge is 2.39. The number of nitrogens with zero attached hydrogens (tertiary/aromatic N) is 1. The summed E-state index contributed by atoms with van der Waals surface area (Å²) in [6, 6.07) is 11.5. The number of carbonyl (C=O) groups is 1. The summed E-state index contributed by atoms with van der Waals surface area (Å²) in [5.74, 6) is -3.93. The topological polar surface area (TPSA) is 95.8 Å². The number of benzene rings is 2. The third-order valence-corrected chi connectivity index (χ3v) is 5.05. The van der Waals surface area contributed by atoms with Crippen LogP contribution < -0.4 is 4.72 Å². The summed E-state index contributed by atoms with van der Waals surface area (Å²) < 4.78 is 64.9. The van der Waals surface area contributed by atoms with Gasteiger partial charge in [0.25, 0.3) is 15.9 Å². The average molecular weight is 426 g/mol. The molecule has 154 valence electrons. The van der Waals surface area contributed by atoms with Gasteiger partial charge in [-0.3, -0.25) is 9.79 Å². The second kappa shape index (κ2) is 8.48. The molecule has 0 fully saturated rings. The van der Waals surface area contributed by atoms with Crippen LogP contribution in [0.2, 0.25) is 0 Å². The highest BCUT2D eigenvalue weighted by atomic mass is 32.2. The fourth-order valence-corrected chi connectivity index (χ4v) is 3.07. The summed E-state index contributed by atoms with van der Waals surface area (Å²) in [4.78, 5) is 15.7. The molecular weight excluding hydrogens is 409 g/mol. The summed E-state index contributed by atoms with van der Waals surface area (Å²) in [5, 5.41) is 9.45. The summed E-state index contributed by atoms with van der Waals surface area (Å²) >= 11 is 0. The van der Waals surface area contributed by atoms with Crippen molar-refractivity contribution in [1.29, 1.82) is 0 Å². The highest BCUT2D eigenvalue weighted by Crippen LogP contribution is 2.26. The van der Waals surface area contributed by atoms with E-state index in [2.05, 4.69) is 4.99 Å². The molecule has 2 rings (SSSR count). The van der Waals surface area contributed by atoms with Crippen LogP contribution in [0.15, 0.2) is 69.8 Å². The molecule has 2 aromatic rings. The summed E-state index contributed by atoms with van der Waals surface area (Å²) in [7, 11) is -4.46. The zero-order chi connectivity index (χ0) is 21.8. The second-order valence-corrected chi connectivity index (χ2v) is 7.78. The highest BCUT2D eigenvalue weighted by molar-refractivity contribution is 7.90. The molecule has 0 spiro atoms. The Morgan fingerprint density at radius 2 is 1.48 bits per heavy atom. The minimum Gasteiger partial charge on any atom is -0.504 e. The lowest BCUT2D eigenvalue weighted by Gasteiger charge is -2.11. The van der Waals surface area contributed by atoms with Crippen molar-refractivity contribution >= 4 is 27.8 Å². The molecular formula is C19H17F3N2O4S. The van der Waals surface area contributed by atoms with E-state index in [1.807, 2.05) is 0 Å². The van der Waals surface area contributed by atoms with Crippen LogP contribution in [0.4, 0.5) is 18.9 Å². The Kier molecular flexibility index (Phi) is 6.48. The van der Waals surface area contributed by atoms with Crippen LogP contribution in [-0.2, 0) is 14.8 Å². The zero-order valence-electron chi connectivity index (χ0n) is 15.4. The molecule has 0 aliphatic rings. The molecule has 0 saturated heterocycles. The van der Waals surface area contributed by atoms with Crippen molar-refractivity contribution in [1.82, 2.24) is 4.72 Å². The molecule has 0 atom stereocenters. The number of aliphatic imine (C=N–C) groups is 1. The molecule has 6 nitrogen and oxygen atoms in total. The molecule has 29 heavy (non-hydrogen) atoms. The van der Waals surface area contributed by atoms with Crippen LogP contribution in [0.3, 0.4) is 0 Å². The molecule has 0 aliphatic heterocycles. The van der Waals surface area contributed by atoms with Gasteiger partial charge < -0.3 is 5.11 Å². The molecule has 0 aliphatic carbocycles. The minimum atomic E-state index is -5.28. The molecule has 0 radical (unpaired) electrons. The number of hydrogen-bond donors (Lipinski definition) is 2. The number of aliphatic hydroxyl groups is 1. The van der Waals surface area contributed by atoms with Crippen molar-refractivity contribution in [3.8, 4) is 0 Å². The first-order valence-corrected chi connectivity index (χ1v) is 9.63. The largest absolute Gasteiger partial charge is 0.504 e. The van der Waals surface area contributed by atoms with Gasteiger partial charge >= 0.3 is 6.18 Å². The van der Waals surface area contributed by atoms with Crippen molar-refractivity contribution in [2.45, 2.75) is 24.9 Å². The predicted octanol–water partition coefficient (Wildman–Crippen LogP) is 3.89. The van der Waals surface area contributed by atoms with Gasteiger partial charge in [-0.1, -0.05) is 35.4 Å². The second-order valence-electron chi connectivity index (χ2n) is 6.10. The molecule has 0 bridgehead atoms.